The Morgan fingerprint density at radius 3 is 2.53 bits per heavy atom. The molecule has 3 aromatic rings. The van der Waals surface area contributed by atoms with Crippen LogP contribution >= 0.6 is 27.7 Å². The molecule has 1 heterocycles. The van der Waals surface area contributed by atoms with E-state index in [2.05, 4.69) is 26.2 Å². The highest BCUT2D eigenvalue weighted by Crippen LogP contribution is 2.39. The molecule has 4 rings (SSSR count). The summed E-state index contributed by atoms with van der Waals surface area (Å²) in [4.78, 5) is 32.0. The highest BCUT2D eigenvalue weighted by molar-refractivity contribution is 9.10. The van der Waals surface area contributed by atoms with Gasteiger partial charge in [-0.3, -0.25) is 14.5 Å². The van der Waals surface area contributed by atoms with Crippen molar-refractivity contribution in [2.45, 2.75) is 13.8 Å². The number of nitrogens with zero attached hydrogens (tertiary/aromatic N) is 2. The summed E-state index contributed by atoms with van der Waals surface area (Å²) in [7, 11) is 1.50. The van der Waals surface area contributed by atoms with E-state index in [0.717, 1.165) is 5.56 Å². The van der Waals surface area contributed by atoms with Crippen LogP contribution in [0.1, 0.15) is 18.1 Å². The van der Waals surface area contributed by atoms with Crippen LogP contribution in [0.3, 0.4) is 0 Å². The number of aryl methyl sites for hydroxylation is 1. The molecular formula is C28H25BrFN3O4S. The average molecular weight is 598 g/mol. The predicted molar refractivity (Wildman–Crippen MR) is 152 cm³/mol. The number of carbonyl (C=O) groups excluding carboxylic acids is 2. The molecule has 0 aliphatic carbocycles. The van der Waals surface area contributed by atoms with Crippen LogP contribution in [0.5, 0.6) is 11.5 Å². The number of halogens is 2. The fraction of sp³-hybridized carbons (Fsp3) is 0.179. The van der Waals surface area contributed by atoms with Gasteiger partial charge in [0.15, 0.2) is 23.3 Å². The van der Waals surface area contributed by atoms with Crippen LogP contribution in [-0.4, -0.2) is 42.1 Å². The molecule has 0 aromatic heterocycles. The van der Waals surface area contributed by atoms with Crippen LogP contribution < -0.4 is 14.8 Å². The number of ether oxygens (including phenoxy) is 2. The first kappa shape index (κ1) is 27.4. The minimum Gasteiger partial charge on any atom is -0.493 e. The number of hydrogen-bond donors (Lipinski definition) is 1. The lowest BCUT2D eigenvalue weighted by molar-refractivity contribution is -0.122. The van der Waals surface area contributed by atoms with E-state index >= 15 is 0 Å². The summed E-state index contributed by atoms with van der Waals surface area (Å²) < 4.78 is 25.1. The molecule has 0 spiro atoms. The first-order valence-corrected chi connectivity index (χ1v) is 13.3. The van der Waals surface area contributed by atoms with E-state index in [1.165, 1.54) is 31.0 Å². The molecule has 1 aliphatic rings. The molecule has 1 aliphatic heterocycles. The zero-order valence-corrected chi connectivity index (χ0v) is 23.4. The second-order valence-electron chi connectivity index (χ2n) is 8.27. The van der Waals surface area contributed by atoms with Crippen molar-refractivity contribution in [3.63, 3.8) is 0 Å². The highest BCUT2D eigenvalue weighted by Gasteiger charge is 2.32. The molecule has 10 heteroatoms. The molecule has 2 amide bonds. The van der Waals surface area contributed by atoms with Crippen LogP contribution in [0.15, 0.2) is 75.0 Å². The van der Waals surface area contributed by atoms with Crippen LogP contribution in [0.25, 0.3) is 6.08 Å². The number of nitrogens with one attached hydrogen (secondary N) is 1. The first-order chi connectivity index (χ1) is 18.3. The van der Waals surface area contributed by atoms with Gasteiger partial charge in [0, 0.05) is 12.2 Å². The molecular weight excluding hydrogens is 573 g/mol. The smallest absolute Gasteiger partial charge is 0.266 e. The van der Waals surface area contributed by atoms with Crippen molar-refractivity contribution in [3.05, 3.63) is 87.0 Å². The summed E-state index contributed by atoms with van der Waals surface area (Å²) in [6, 6.07) is 16.7. The Morgan fingerprint density at radius 2 is 1.87 bits per heavy atom. The molecule has 3 aromatic carbocycles. The molecule has 0 unspecified atom stereocenters. The zero-order chi connectivity index (χ0) is 27.2. The molecule has 0 atom stereocenters. The third-order valence-electron chi connectivity index (χ3n) is 5.49. The lowest BCUT2D eigenvalue weighted by Crippen LogP contribution is -2.28. The summed E-state index contributed by atoms with van der Waals surface area (Å²) >= 11 is 4.73. The van der Waals surface area contributed by atoms with E-state index in [9.17, 15) is 14.0 Å². The van der Waals surface area contributed by atoms with Crippen molar-refractivity contribution >= 4 is 62.1 Å². The Labute approximate surface area is 232 Å². The average Bonchev–Trinajstić information content (AvgIpc) is 3.19. The number of benzene rings is 3. The maximum absolute atomic E-state index is 13.3. The topological polar surface area (TPSA) is 80.2 Å². The fourth-order valence-electron chi connectivity index (χ4n) is 3.58. The van der Waals surface area contributed by atoms with Crippen LogP contribution in [0.2, 0.25) is 0 Å². The molecule has 196 valence electrons. The maximum Gasteiger partial charge on any atom is 0.266 e. The van der Waals surface area contributed by atoms with E-state index in [1.807, 2.05) is 38.1 Å². The van der Waals surface area contributed by atoms with Crippen molar-refractivity contribution in [2.75, 3.05) is 25.6 Å². The van der Waals surface area contributed by atoms with Gasteiger partial charge in [-0.2, -0.15) is 0 Å². The van der Waals surface area contributed by atoms with E-state index in [4.69, 9.17) is 9.47 Å². The zero-order valence-electron chi connectivity index (χ0n) is 21.0. The second-order valence-corrected chi connectivity index (χ2v) is 10.1. The standard InChI is InChI=1S/C28H25BrFN3O4S/c1-4-33-27(35)24(38-28(33)32-21-11-7-19(30)8-12-21)15-18-13-22(29)26(23(14-18)36-3)37-16-25(34)31-20-9-5-17(2)6-10-20/h5-15H,4,16H2,1-3H3,(H,31,34)/b24-15+,32-28?. The number of anilines is 1. The van der Waals surface area contributed by atoms with Gasteiger partial charge in [-0.25, -0.2) is 9.38 Å². The maximum atomic E-state index is 13.3. The van der Waals surface area contributed by atoms with Crippen LogP contribution in [0.4, 0.5) is 15.8 Å². The Morgan fingerprint density at radius 1 is 1.16 bits per heavy atom. The Bertz CT molecular complexity index is 1410. The highest BCUT2D eigenvalue weighted by atomic mass is 79.9. The molecule has 1 fully saturated rings. The van der Waals surface area contributed by atoms with E-state index < -0.39 is 0 Å². The molecule has 0 radical (unpaired) electrons. The first-order valence-electron chi connectivity index (χ1n) is 11.7. The molecule has 0 saturated carbocycles. The summed E-state index contributed by atoms with van der Waals surface area (Å²) in [5, 5.41) is 3.31. The lowest BCUT2D eigenvalue weighted by Gasteiger charge is -2.14. The molecule has 38 heavy (non-hydrogen) atoms. The second kappa shape index (κ2) is 12.3. The van der Waals surface area contributed by atoms with E-state index in [0.29, 0.717) is 49.5 Å². The minimum atomic E-state index is -0.351. The molecule has 0 bridgehead atoms. The molecule has 7 nitrogen and oxygen atoms in total. The number of methoxy groups -OCH3 is 1. The minimum absolute atomic E-state index is 0.179. The van der Waals surface area contributed by atoms with Gasteiger partial charge in [-0.15, -0.1) is 0 Å². The normalized spacial score (nSPS) is 15.3. The number of thioether (sulfide) groups is 1. The predicted octanol–water partition coefficient (Wildman–Crippen LogP) is 6.55. The van der Waals surface area contributed by atoms with E-state index in [-0.39, 0.29) is 24.2 Å². The lowest BCUT2D eigenvalue weighted by atomic mass is 10.2. The van der Waals surface area contributed by atoms with Crippen molar-refractivity contribution < 1.29 is 23.5 Å². The van der Waals surface area contributed by atoms with Gasteiger partial charge < -0.3 is 14.8 Å². The third kappa shape index (κ3) is 6.62. The van der Waals surface area contributed by atoms with Crippen molar-refractivity contribution in [3.8, 4) is 11.5 Å². The van der Waals surface area contributed by atoms with Gasteiger partial charge in [0.2, 0.25) is 0 Å². The van der Waals surface area contributed by atoms with Crippen LogP contribution in [-0.2, 0) is 9.59 Å². The number of carbonyl (C=O) groups is 2. The number of amidine groups is 1. The van der Waals surface area contributed by atoms with Gasteiger partial charge in [0.05, 0.1) is 22.2 Å². The molecule has 1 N–H and O–H groups in total. The number of amides is 2. The van der Waals surface area contributed by atoms with Gasteiger partial charge in [-0.05, 0) is 102 Å². The summed E-state index contributed by atoms with van der Waals surface area (Å²) in [6.45, 7) is 4.06. The van der Waals surface area contributed by atoms with Gasteiger partial charge in [0.25, 0.3) is 11.8 Å². The monoisotopic (exact) mass is 597 g/mol. The van der Waals surface area contributed by atoms with Gasteiger partial charge >= 0.3 is 0 Å². The summed E-state index contributed by atoms with van der Waals surface area (Å²) in [5.41, 5.74) is 3.03. The Balaban J connectivity index is 1.51. The molecule has 1 saturated heterocycles. The van der Waals surface area contributed by atoms with Crippen molar-refractivity contribution in [1.82, 2.24) is 4.90 Å². The summed E-state index contributed by atoms with van der Waals surface area (Å²) in [6.07, 6.45) is 1.74. The van der Waals surface area contributed by atoms with Gasteiger partial charge in [0.1, 0.15) is 5.82 Å². The number of hydrogen-bond acceptors (Lipinski definition) is 6. The third-order valence-corrected chi connectivity index (χ3v) is 7.08. The van der Waals surface area contributed by atoms with Crippen molar-refractivity contribution in [2.24, 2.45) is 4.99 Å². The number of likely N-dealkylation sites (N-methyl/N-ethyl adjacent to an activating group) is 1. The van der Waals surface area contributed by atoms with Crippen LogP contribution in [0, 0.1) is 12.7 Å². The largest absolute Gasteiger partial charge is 0.493 e. The number of rotatable bonds is 8. The Kier molecular flexibility index (Phi) is 8.85. The fourth-order valence-corrected chi connectivity index (χ4v) is 5.22. The quantitative estimate of drug-likeness (QED) is 0.298. The SMILES string of the molecule is CCN1C(=O)/C(=C\c2cc(Br)c(OCC(=O)Nc3ccc(C)cc3)c(OC)c2)SC1=Nc1ccc(F)cc1. The van der Waals surface area contributed by atoms with E-state index in [1.54, 1.807) is 35.2 Å². The Hall–Kier alpha value is -3.63. The van der Waals surface area contributed by atoms with Gasteiger partial charge in [-0.1, -0.05) is 17.7 Å². The van der Waals surface area contributed by atoms with Crippen molar-refractivity contribution in [1.29, 1.82) is 0 Å². The number of aliphatic imine (C=N–C) groups is 1. The summed E-state index contributed by atoms with van der Waals surface area (Å²) in [5.74, 6) is -0.0720.